The number of nitrogens with one attached hydrogen (secondary N) is 1. The summed E-state index contributed by atoms with van der Waals surface area (Å²) < 4.78 is 33.6. The second kappa shape index (κ2) is 12.1. The van der Waals surface area contributed by atoms with Crippen LogP contribution in [-0.4, -0.2) is 74.9 Å². The summed E-state index contributed by atoms with van der Waals surface area (Å²) in [6.45, 7) is 0.306. The number of nitrogen functional groups attached to an aromatic ring is 1. The van der Waals surface area contributed by atoms with E-state index in [0.29, 0.717) is 17.9 Å². The number of halogens is 3. The molecule has 4 heterocycles. The molecule has 4 N–H and O–H groups in total. The van der Waals surface area contributed by atoms with E-state index in [-0.39, 0.29) is 22.2 Å². The van der Waals surface area contributed by atoms with Crippen molar-refractivity contribution in [3.05, 3.63) is 52.9 Å². The molecule has 0 bridgehead atoms. The third-order valence-electron chi connectivity index (χ3n) is 5.08. The van der Waals surface area contributed by atoms with Gasteiger partial charge in [-0.1, -0.05) is 11.2 Å². The summed E-state index contributed by atoms with van der Waals surface area (Å²) in [6, 6.07) is 4.58. The fourth-order valence-electron chi connectivity index (χ4n) is 3.46. The highest BCUT2D eigenvalue weighted by atomic mass is 32.2. The van der Waals surface area contributed by atoms with Gasteiger partial charge in [0.25, 0.3) is 11.8 Å². The monoisotopic (exact) mass is 588 g/mol. The maximum atomic E-state index is 12.8. The minimum absolute atomic E-state index is 0.135. The van der Waals surface area contributed by atoms with Crippen LogP contribution in [-0.2, 0) is 30.6 Å². The molecule has 2 aromatic heterocycles. The normalized spacial score (nSPS) is 18.8. The highest BCUT2D eigenvalue weighted by molar-refractivity contribution is 8.00. The number of alkyl halides is 3. The quantitative estimate of drug-likeness (QED) is 0.158. The predicted molar refractivity (Wildman–Crippen MR) is 127 cm³/mol. The van der Waals surface area contributed by atoms with E-state index in [9.17, 15) is 32.7 Å². The van der Waals surface area contributed by atoms with Gasteiger partial charge in [0, 0.05) is 28.8 Å². The predicted octanol–water partition coefficient (Wildman–Crippen LogP) is -0.899. The van der Waals surface area contributed by atoms with Crippen molar-refractivity contribution in [3.8, 4) is 0 Å². The van der Waals surface area contributed by atoms with Crippen LogP contribution in [0.3, 0.4) is 0 Å². The number of carboxylic acid groups (broad SMARTS) is 2. The van der Waals surface area contributed by atoms with Crippen LogP contribution in [0.2, 0.25) is 0 Å². The zero-order chi connectivity index (χ0) is 28.9. The van der Waals surface area contributed by atoms with E-state index in [1.807, 2.05) is 22.8 Å². The van der Waals surface area contributed by atoms with Crippen molar-refractivity contribution in [2.75, 3.05) is 18.6 Å². The Labute approximate surface area is 225 Å². The lowest BCUT2D eigenvalue weighted by atomic mass is 10.0. The first-order chi connectivity index (χ1) is 18.3. The van der Waals surface area contributed by atoms with E-state index in [0.717, 1.165) is 11.3 Å². The summed E-state index contributed by atoms with van der Waals surface area (Å²) >= 11 is 2.49. The van der Waals surface area contributed by atoms with Crippen LogP contribution in [0.4, 0.5) is 18.3 Å². The molecule has 208 valence electrons. The van der Waals surface area contributed by atoms with Crippen molar-refractivity contribution >= 4 is 57.7 Å². The molecule has 0 aromatic carbocycles. The maximum Gasteiger partial charge on any atom is 0.490 e. The third kappa shape index (κ3) is 6.82. The molecule has 2 aliphatic rings. The van der Waals surface area contributed by atoms with Crippen LogP contribution in [0.25, 0.3) is 0 Å². The van der Waals surface area contributed by atoms with Gasteiger partial charge >= 0.3 is 12.1 Å². The van der Waals surface area contributed by atoms with Crippen molar-refractivity contribution in [2.24, 2.45) is 5.16 Å². The van der Waals surface area contributed by atoms with Crippen LogP contribution < -0.4 is 20.7 Å². The molecule has 2 aromatic rings. The zero-order valence-corrected chi connectivity index (χ0v) is 21.4. The molecule has 0 radical (unpaired) electrons. The molecule has 2 aliphatic heterocycles. The Kier molecular flexibility index (Phi) is 9.12. The standard InChI is InChI=1S/C19H18N6O5S2.C2HF3O2/c1-30-23-12(11-9-32-19(20)21-11)15(26)22-13-16(27)25-14(18(28)29)10(8-31-17(13)25)7-24-5-3-2-4-6-24;3-2(4,5)1(6)7/h2-6,9,13,17H,7-8H2,1H3,(H3-,20,21,22,26,28,29);(H,6,7)/b23-12-;/t13-,17-;/m1./s1. The summed E-state index contributed by atoms with van der Waals surface area (Å²) in [4.78, 5) is 56.3. The van der Waals surface area contributed by atoms with Crippen molar-refractivity contribution in [1.82, 2.24) is 15.2 Å². The molecule has 0 aliphatic carbocycles. The van der Waals surface area contributed by atoms with Gasteiger partial charge in [-0.3, -0.25) is 14.5 Å². The summed E-state index contributed by atoms with van der Waals surface area (Å²) in [5, 5.41) is 26.5. The van der Waals surface area contributed by atoms with Gasteiger partial charge in [-0.05, 0) is 0 Å². The number of carboxylic acids is 2. The lowest BCUT2D eigenvalue weighted by Crippen LogP contribution is -2.71. The van der Waals surface area contributed by atoms with Gasteiger partial charge in [0.1, 0.15) is 24.2 Å². The highest BCUT2D eigenvalue weighted by Gasteiger charge is 2.53. The lowest BCUT2D eigenvalue weighted by Gasteiger charge is -2.50. The molecule has 1 fully saturated rings. The number of hydrogen-bond donors (Lipinski definition) is 3. The Morgan fingerprint density at radius 1 is 1.33 bits per heavy atom. The molecule has 13 nitrogen and oxygen atoms in total. The second-order valence-corrected chi connectivity index (χ2v) is 9.64. The number of nitrogens with two attached hydrogens (primary N) is 1. The molecule has 2 amide bonds. The topological polar surface area (TPSA) is 191 Å². The Bertz CT molecular complexity index is 1330. The zero-order valence-electron chi connectivity index (χ0n) is 19.7. The number of thioether (sulfide) groups is 1. The summed E-state index contributed by atoms with van der Waals surface area (Å²) in [5.41, 5.74) is 6.10. The van der Waals surface area contributed by atoms with Gasteiger partial charge in [-0.15, -0.1) is 23.1 Å². The number of carbonyl (C=O) groups is 4. The van der Waals surface area contributed by atoms with Gasteiger partial charge in [-0.25, -0.2) is 14.3 Å². The smallest absolute Gasteiger partial charge is 0.490 e. The molecular formula is C21H19F3N6O7S2. The summed E-state index contributed by atoms with van der Waals surface area (Å²) in [6.07, 6.45) is -1.47. The Morgan fingerprint density at radius 2 is 1.97 bits per heavy atom. The Morgan fingerprint density at radius 3 is 2.49 bits per heavy atom. The number of aromatic nitrogens is 2. The fraction of sp³-hybridized carbons (Fsp3) is 0.286. The molecule has 1 saturated heterocycles. The largest absolute Gasteiger partial charge is 0.543 e. The first kappa shape index (κ1) is 29.4. The number of β-lactam (4-membered cyclic amide) rings is 1. The SMILES string of the molecule is CO/N=C(\C(=O)N[C@@H]1C(=O)N2C(C(=O)[O-])=C(C[n+]3ccccc3)CS[C@H]12)c1csc(N)n1.O=C(O)C(F)(F)F. The average Bonchev–Trinajstić information content (AvgIpc) is 3.31. The number of carbonyl (C=O) groups excluding carboxylic acids is 3. The van der Waals surface area contributed by atoms with Crippen molar-refractivity contribution in [3.63, 3.8) is 0 Å². The first-order valence-corrected chi connectivity index (χ1v) is 12.5. The van der Waals surface area contributed by atoms with Crippen LogP contribution in [0.5, 0.6) is 0 Å². The molecule has 0 saturated carbocycles. The number of amides is 2. The van der Waals surface area contributed by atoms with Crippen molar-refractivity contribution < 1.29 is 52.0 Å². The number of pyridine rings is 1. The van der Waals surface area contributed by atoms with E-state index in [4.69, 9.17) is 20.5 Å². The minimum Gasteiger partial charge on any atom is -0.543 e. The number of oxime groups is 1. The average molecular weight is 589 g/mol. The van der Waals surface area contributed by atoms with E-state index < -0.39 is 41.3 Å². The van der Waals surface area contributed by atoms with Gasteiger partial charge in [0.2, 0.25) is 0 Å². The van der Waals surface area contributed by atoms with Crippen LogP contribution in [0.1, 0.15) is 5.69 Å². The molecule has 0 spiro atoms. The van der Waals surface area contributed by atoms with E-state index in [2.05, 4.69) is 15.5 Å². The van der Waals surface area contributed by atoms with Gasteiger partial charge in [0.05, 0.1) is 11.7 Å². The van der Waals surface area contributed by atoms with Gasteiger partial charge in [0.15, 0.2) is 29.8 Å². The number of thiazole rings is 1. The van der Waals surface area contributed by atoms with Gasteiger partial charge < -0.3 is 30.9 Å². The number of rotatable bonds is 7. The summed E-state index contributed by atoms with van der Waals surface area (Å²) in [5.74, 6) is -5.04. The molecule has 18 heteroatoms. The Hall–Kier alpha value is -4.19. The van der Waals surface area contributed by atoms with E-state index in [1.165, 1.54) is 23.8 Å². The van der Waals surface area contributed by atoms with E-state index >= 15 is 0 Å². The Balaban J connectivity index is 0.000000532. The number of hydrogen-bond acceptors (Lipinski definition) is 11. The second-order valence-electron chi connectivity index (χ2n) is 7.64. The molecule has 2 atom stereocenters. The molecule has 39 heavy (non-hydrogen) atoms. The van der Waals surface area contributed by atoms with Crippen LogP contribution >= 0.6 is 23.1 Å². The van der Waals surface area contributed by atoms with Gasteiger partial charge in [-0.2, -0.15) is 13.2 Å². The minimum atomic E-state index is -5.08. The lowest BCUT2D eigenvalue weighted by molar-refractivity contribution is -0.689. The maximum absolute atomic E-state index is 12.8. The summed E-state index contributed by atoms with van der Waals surface area (Å²) in [7, 11) is 1.28. The van der Waals surface area contributed by atoms with Crippen LogP contribution in [0.15, 0.2) is 52.4 Å². The molecule has 4 rings (SSSR count). The molecule has 0 unspecified atom stereocenters. The third-order valence-corrected chi connectivity index (χ3v) is 7.10. The highest BCUT2D eigenvalue weighted by Crippen LogP contribution is 2.40. The number of aliphatic carboxylic acids is 2. The van der Waals surface area contributed by atoms with E-state index in [1.54, 1.807) is 17.8 Å². The number of nitrogens with zero attached hydrogens (tertiary/aromatic N) is 4. The molecular weight excluding hydrogens is 569 g/mol. The van der Waals surface area contributed by atoms with Crippen molar-refractivity contribution in [1.29, 1.82) is 0 Å². The fourth-order valence-corrected chi connectivity index (χ4v) is 5.34. The number of fused-ring (bicyclic) bond motifs is 1. The van der Waals surface area contributed by atoms with Crippen molar-refractivity contribution in [2.45, 2.75) is 24.1 Å². The number of anilines is 1. The van der Waals surface area contributed by atoms with Crippen LogP contribution in [0, 0.1) is 0 Å². The first-order valence-electron chi connectivity index (χ1n) is 10.6.